The van der Waals surface area contributed by atoms with Gasteiger partial charge in [-0.2, -0.15) is 13.2 Å². The number of carboxylic acids is 1. The molecule has 0 radical (unpaired) electrons. The molecule has 0 saturated carbocycles. The van der Waals surface area contributed by atoms with Crippen LogP contribution in [-0.2, 0) is 9.59 Å². The summed E-state index contributed by atoms with van der Waals surface area (Å²) in [6.07, 6.45) is -0.281. The summed E-state index contributed by atoms with van der Waals surface area (Å²) in [5.41, 5.74) is 6.11. The van der Waals surface area contributed by atoms with E-state index in [0.29, 0.717) is 6.42 Å². The van der Waals surface area contributed by atoms with Crippen molar-refractivity contribution in [3.63, 3.8) is 0 Å². The number of alkyl halides is 3. The van der Waals surface area contributed by atoms with E-state index in [-0.39, 0.29) is 18.0 Å². The number of anilines is 2. The maximum Gasteiger partial charge on any atom is 0.490 e. The number of aliphatic carboxylic acids is 1. The molecule has 35 heavy (non-hydrogen) atoms. The third-order valence-corrected chi connectivity index (χ3v) is 6.06. The molecule has 0 bridgehead atoms. The van der Waals surface area contributed by atoms with Crippen molar-refractivity contribution in [1.82, 2.24) is 5.32 Å². The maximum absolute atomic E-state index is 12.5. The van der Waals surface area contributed by atoms with Crippen LogP contribution < -0.4 is 15.5 Å². The third-order valence-electron chi connectivity index (χ3n) is 6.06. The van der Waals surface area contributed by atoms with Crippen LogP contribution >= 0.6 is 0 Å². The summed E-state index contributed by atoms with van der Waals surface area (Å²) < 4.78 is 31.7. The van der Waals surface area contributed by atoms with Crippen molar-refractivity contribution in [2.24, 2.45) is 0 Å². The summed E-state index contributed by atoms with van der Waals surface area (Å²) in [4.78, 5) is 23.4. The van der Waals surface area contributed by atoms with Gasteiger partial charge in [0.1, 0.15) is 0 Å². The molecule has 2 atom stereocenters. The highest BCUT2D eigenvalue weighted by atomic mass is 19.4. The minimum absolute atomic E-state index is 0.180. The molecule has 6 nitrogen and oxygen atoms in total. The zero-order valence-electron chi connectivity index (χ0n) is 19.7. The van der Waals surface area contributed by atoms with Crippen molar-refractivity contribution < 1.29 is 27.9 Å². The van der Waals surface area contributed by atoms with E-state index in [1.807, 2.05) is 17.9 Å². The number of fused-ring (bicyclic) bond motifs is 1. The number of hydrogen-bond acceptors (Lipinski definition) is 4. The number of nitrogens with zero attached hydrogens (tertiary/aromatic N) is 1. The van der Waals surface area contributed by atoms with Gasteiger partial charge in [0.15, 0.2) is 0 Å². The molecule has 1 amide bonds. The Labute approximate surface area is 202 Å². The fourth-order valence-corrected chi connectivity index (χ4v) is 4.37. The molecule has 2 heterocycles. The van der Waals surface area contributed by atoms with E-state index >= 15 is 0 Å². The summed E-state index contributed by atoms with van der Waals surface area (Å²) in [5, 5.41) is 14.2. The first-order valence-electron chi connectivity index (χ1n) is 11.6. The van der Waals surface area contributed by atoms with Crippen molar-refractivity contribution in [3.05, 3.63) is 65.7 Å². The highest BCUT2D eigenvalue weighted by Crippen LogP contribution is 2.39. The van der Waals surface area contributed by atoms with Gasteiger partial charge in [0.05, 0.1) is 6.04 Å². The minimum Gasteiger partial charge on any atom is -0.475 e. The fraction of sp³-hybridized carbons (Fsp3) is 0.385. The van der Waals surface area contributed by atoms with Crippen LogP contribution in [0.2, 0.25) is 0 Å². The molecule has 0 fully saturated rings. The smallest absolute Gasteiger partial charge is 0.475 e. The standard InChI is InChI=1S/C24H29N3O.C2HF3O2/c1-3-24(28)27-17(2)16-22(21-6-4-5-7-23(21)27)26-20-10-8-18(9-11-20)19-12-14-25-15-13-19;3-2(4,5)1(6)7/h4-12,17,22,25-26H,3,13-16H2,1-2H3;(H,6,7)/t17-,22+;/m0./s1. The number of rotatable bonds is 4. The van der Waals surface area contributed by atoms with E-state index in [2.05, 4.69) is 66.1 Å². The van der Waals surface area contributed by atoms with E-state index < -0.39 is 12.1 Å². The summed E-state index contributed by atoms with van der Waals surface area (Å²) >= 11 is 0. The maximum atomic E-state index is 12.5. The van der Waals surface area contributed by atoms with Crippen LogP contribution in [-0.4, -0.2) is 42.3 Å². The molecule has 3 N–H and O–H groups in total. The van der Waals surface area contributed by atoms with Gasteiger partial charge in [-0.05, 0) is 61.2 Å². The molecule has 2 aliphatic rings. The van der Waals surface area contributed by atoms with E-state index in [9.17, 15) is 18.0 Å². The number of carbonyl (C=O) groups is 2. The van der Waals surface area contributed by atoms with Crippen molar-refractivity contribution in [3.8, 4) is 0 Å². The van der Waals surface area contributed by atoms with Gasteiger partial charge in [0, 0.05) is 30.4 Å². The van der Waals surface area contributed by atoms with E-state index in [1.165, 1.54) is 16.7 Å². The van der Waals surface area contributed by atoms with Gasteiger partial charge in [-0.15, -0.1) is 0 Å². The quantitative estimate of drug-likeness (QED) is 0.537. The van der Waals surface area contributed by atoms with Crippen LogP contribution in [0.1, 0.15) is 50.3 Å². The number of hydrogen-bond donors (Lipinski definition) is 3. The van der Waals surface area contributed by atoms with Crippen LogP contribution in [0.25, 0.3) is 5.57 Å². The lowest BCUT2D eigenvalue weighted by molar-refractivity contribution is -0.192. The van der Waals surface area contributed by atoms with Crippen LogP contribution in [0, 0.1) is 0 Å². The van der Waals surface area contributed by atoms with Gasteiger partial charge < -0.3 is 20.6 Å². The molecular formula is C26H30F3N3O3. The van der Waals surface area contributed by atoms with Gasteiger partial charge >= 0.3 is 12.1 Å². The third kappa shape index (κ3) is 6.63. The second-order valence-electron chi connectivity index (χ2n) is 8.52. The Morgan fingerprint density at radius 3 is 2.37 bits per heavy atom. The van der Waals surface area contributed by atoms with E-state index in [4.69, 9.17) is 9.90 Å². The average Bonchev–Trinajstić information content (AvgIpc) is 2.84. The Bertz CT molecular complexity index is 1070. The van der Waals surface area contributed by atoms with Crippen molar-refractivity contribution in [2.75, 3.05) is 23.3 Å². The zero-order valence-corrected chi connectivity index (χ0v) is 19.7. The number of carbonyl (C=O) groups excluding carboxylic acids is 1. The second-order valence-corrected chi connectivity index (χ2v) is 8.52. The molecular weight excluding hydrogens is 459 g/mol. The molecule has 4 rings (SSSR count). The summed E-state index contributed by atoms with van der Waals surface area (Å²) in [6, 6.07) is 17.5. The molecule has 188 valence electrons. The predicted molar refractivity (Wildman–Crippen MR) is 130 cm³/mol. The average molecular weight is 490 g/mol. The van der Waals surface area contributed by atoms with Crippen molar-refractivity contribution in [1.29, 1.82) is 0 Å². The predicted octanol–water partition coefficient (Wildman–Crippen LogP) is 5.39. The monoisotopic (exact) mass is 489 g/mol. The van der Waals surface area contributed by atoms with Crippen LogP contribution in [0.3, 0.4) is 0 Å². The molecule has 0 unspecified atom stereocenters. The molecule has 0 spiro atoms. The van der Waals surface area contributed by atoms with Gasteiger partial charge in [-0.3, -0.25) is 4.79 Å². The zero-order chi connectivity index (χ0) is 25.6. The Morgan fingerprint density at radius 2 is 1.80 bits per heavy atom. The Hall–Kier alpha value is -3.33. The SMILES string of the molecule is CCC(=O)N1c2ccccc2[C@H](Nc2ccc(C3=CCNCC3)cc2)C[C@@H]1C.O=C(O)C(F)(F)F. The number of carboxylic acid groups (broad SMARTS) is 1. The molecule has 0 aromatic heterocycles. The van der Waals surface area contributed by atoms with E-state index in [0.717, 1.165) is 37.3 Å². The first-order valence-corrected chi connectivity index (χ1v) is 11.6. The van der Waals surface area contributed by atoms with Gasteiger partial charge in [-0.25, -0.2) is 4.79 Å². The van der Waals surface area contributed by atoms with Gasteiger partial charge in [0.25, 0.3) is 0 Å². The molecule has 2 aliphatic heterocycles. The van der Waals surface area contributed by atoms with Crippen LogP contribution in [0.5, 0.6) is 0 Å². The Morgan fingerprint density at radius 1 is 1.14 bits per heavy atom. The first-order chi connectivity index (χ1) is 16.6. The first kappa shape index (κ1) is 26.3. The molecule has 2 aromatic rings. The largest absolute Gasteiger partial charge is 0.490 e. The topological polar surface area (TPSA) is 81.7 Å². The Kier molecular flexibility index (Phi) is 8.56. The van der Waals surface area contributed by atoms with Gasteiger partial charge in [-0.1, -0.05) is 43.3 Å². The number of amides is 1. The number of benzene rings is 2. The van der Waals surface area contributed by atoms with Crippen molar-refractivity contribution >= 4 is 28.8 Å². The molecule has 0 aliphatic carbocycles. The van der Waals surface area contributed by atoms with Gasteiger partial charge in [0.2, 0.25) is 5.91 Å². The van der Waals surface area contributed by atoms with Crippen LogP contribution in [0.4, 0.5) is 24.5 Å². The highest BCUT2D eigenvalue weighted by molar-refractivity contribution is 5.95. The number of para-hydroxylation sites is 1. The number of halogens is 3. The fourth-order valence-electron chi connectivity index (χ4n) is 4.37. The second kappa shape index (κ2) is 11.4. The molecule has 9 heteroatoms. The highest BCUT2D eigenvalue weighted by Gasteiger charge is 2.38. The van der Waals surface area contributed by atoms with E-state index in [1.54, 1.807) is 0 Å². The van der Waals surface area contributed by atoms with Crippen molar-refractivity contribution in [2.45, 2.75) is 51.4 Å². The molecule has 2 aromatic carbocycles. The normalized spacial score (nSPS) is 19.6. The minimum atomic E-state index is -5.08. The lowest BCUT2D eigenvalue weighted by Gasteiger charge is -2.40. The summed E-state index contributed by atoms with van der Waals surface area (Å²) in [6.45, 7) is 6.08. The lowest BCUT2D eigenvalue weighted by atomic mass is 9.91. The Balaban J connectivity index is 0.000000429. The van der Waals surface area contributed by atoms with Crippen LogP contribution in [0.15, 0.2) is 54.6 Å². The number of nitrogens with one attached hydrogen (secondary N) is 2. The summed E-state index contributed by atoms with van der Waals surface area (Å²) in [5.74, 6) is -2.56. The molecule has 0 saturated heterocycles. The summed E-state index contributed by atoms with van der Waals surface area (Å²) in [7, 11) is 0. The lowest BCUT2D eigenvalue weighted by Crippen LogP contribution is -2.44.